The van der Waals surface area contributed by atoms with Gasteiger partial charge in [-0.05, 0) is 46.5 Å². The summed E-state index contributed by atoms with van der Waals surface area (Å²) in [6, 6.07) is 42.0. The Hall–Kier alpha value is -5.08. The van der Waals surface area contributed by atoms with Crippen LogP contribution in [0, 0.1) is 0 Å². The van der Waals surface area contributed by atoms with E-state index in [1.165, 1.54) is 11.1 Å². The van der Waals surface area contributed by atoms with Crippen molar-refractivity contribution in [3.8, 4) is 0 Å². The first-order chi connectivity index (χ1) is 18.8. The molecule has 0 amide bonds. The third kappa shape index (κ3) is 4.03. The molecule has 0 spiro atoms. The fraction of sp³-hybridized carbons (Fsp3) is 0. The van der Waals surface area contributed by atoms with Crippen molar-refractivity contribution in [2.75, 3.05) is 0 Å². The monoisotopic (exact) mass is 484 g/mol. The lowest BCUT2D eigenvalue weighted by molar-refractivity contribution is 1.47. The maximum absolute atomic E-state index is 5.10. The van der Waals surface area contributed by atoms with Crippen LogP contribution in [-0.2, 0) is 0 Å². The molecule has 0 radical (unpaired) electrons. The van der Waals surface area contributed by atoms with E-state index in [-0.39, 0.29) is 0 Å². The van der Waals surface area contributed by atoms with E-state index in [9.17, 15) is 0 Å². The van der Waals surface area contributed by atoms with Crippen LogP contribution in [0.3, 0.4) is 0 Å². The van der Waals surface area contributed by atoms with Crippen LogP contribution in [0.5, 0.6) is 0 Å². The van der Waals surface area contributed by atoms with Crippen molar-refractivity contribution < 1.29 is 0 Å². The Morgan fingerprint density at radius 1 is 0.342 bits per heavy atom. The van der Waals surface area contributed by atoms with Crippen LogP contribution in [0.1, 0.15) is 22.3 Å². The number of aromatic nitrogens is 2. The molecule has 2 nitrogen and oxygen atoms in total. The summed E-state index contributed by atoms with van der Waals surface area (Å²) in [6.45, 7) is 0. The van der Waals surface area contributed by atoms with Crippen molar-refractivity contribution in [3.63, 3.8) is 0 Å². The van der Waals surface area contributed by atoms with Crippen LogP contribution >= 0.6 is 0 Å². The van der Waals surface area contributed by atoms with Gasteiger partial charge in [0.1, 0.15) is 0 Å². The first-order valence-electron chi connectivity index (χ1n) is 12.8. The summed E-state index contributed by atoms with van der Waals surface area (Å²) in [6.07, 6.45) is 8.77. The van der Waals surface area contributed by atoms with E-state index < -0.39 is 0 Å². The minimum atomic E-state index is 0.968. The van der Waals surface area contributed by atoms with Gasteiger partial charge in [0.2, 0.25) is 0 Å². The largest absolute Gasteiger partial charge is 0.248 e. The number of fused-ring (bicyclic) bond motifs is 4. The van der Waals surface area contributed by atoms with Gasteiger partial charge in [0.15, 0.2) is 0 Å². The van der Waals surface area contributed by atoms with Crippen molar-refractivity contribution >= 4 is 67.9 Å². The number of hydrogen-bond acceptors (Lipinski definition) is 2. The molecule has 0 N–H and O–H groups in total. The number of para-hydroxylation sites is 2. The summed E-state index contributed by atoms with van der Waals surface area (Å²) >= 11 is 0. The number of pyridine rings is 2. The molecule has 178 valence electrons. The highest BCUT2D eigenvalue weighted by atomic mass is 14.7. The molecule has 38 heavy (non-hydrogen) atoms. The Bertz CT molecular complexity index is 1850. The Balaban J connectivity index is 1.52. The van der Waals surface area contributed by atoms with Gasteiger partial charge in [-0.3, -0.25) is 0 Å². The minimum Gasteiger partial charge on any atom is -0.248 e. The van der Waals surface area contributed by atoms with E-state index in [1.54, 1.807) is 0 Å². The molecule has 0 atom stereocenters. The third-order valence-electron chi connectivity index (χ3n) is 7.05. The molecule has 5 aromatic carbocycles. The smallest absolute Gasteiger partial charge is 0.0723 e. The zero-order valence-corrected chi connectivity index (χ0v) is 20.8. The normalized spacial score (nSPS) is 12.0. The van der Waals surface area contributed by atoms with E-state index >= 15 is 0 Å². The second-order valence-corrected chi connectivity index (χ2v) is 9.46. The Morgan fingerprint density at radius 3 is 1.18 bits per heavy atom. The van der Waals surface area contributed by atoms with Crippen molar-refractivity contribution in [2.45, 2.75) is 0 Å². The van der Waals surface area contributed by atoms with Gasteiger partial charge in [-0.1, -0.05) is 121 Å². The standard InChI is InChI=1S/C36H24N2/c1-3-11-25(12-4-1)19-21-27-29-15-7-9-17-33(29)37-35-24-32-28(22-20-26-13-5-2-6-14-26)30-16-8-10-18-34(30)38-36(32)23-31(27)35/h1-24H. The lowest BCUT2D eigenvalue weighted by Gasteiger charge is -2.12. The van der Waals surface area contributed by atoms with Crippen molar-refractivity contribution in [1.82, 2.24) is 9.97 Å². The molecule has 0 fully saturated rings. The molecule has 0 unspecified atom stereocenters. The van der Waals surface area contributed by atoms with E-state index in [0.717, 1.165) is 54.7 Å². The number of rotatable bonds is 4. The average Bonchev–Trinajstić information content (AvgIpc) is 2.97. The molecule has 2 aromatic heterocycles. The maximum atomic E-state index is 5.10. The summed E-state index contributed by atoms with van der Waals surface area (Å²) < 4.78 is 0. The van der Waals surface area contributed by atoms with Gasteiger partial charge in [0, 0.05) is 21.5 Å². The van der Waals surface area contributed by atoms with Gasteiger partial charge in [-0.2, -0.15) is 0 Å². The molecule has 0 aliphatic heterocycles. The quantitative estimate of drug-likeness (QED) is 0.233. The van der Waals surface area contributed by atoms with Gasteiger partial charge in [0.05, 0.1) is 22.1 Å². The molecule has 7 aromatic rings. The highest BCUT2D eigenvalue weighted by Crippen LogP contribution is 2.34. The van der Waals surface area contributed by atoms with Gasteiger partial charge in [0.25, 0.3) is 0 Å². The van der Waals surface area contributed by atoms with Gasteiger partial charge in [-0.25, -0.2) is 9.97 Å². The number of benzene rings is 5. The molecule has 0 bridgehead atoms. The second-order valence-electron chi connectivity index (χ2n) is 9.46. The van der Waals surface area contributed by atoms with Gasteiger partial charge >= 0.3 is 0 Å². The summed E-state index contributed by atoms with van der Waals surface area (Å²) in [7, 11) is 0. The molecule has 0 aliphatic carbocycles. The van der Waals surface area contributed by atoms with Crippen LogP contribution in [0.2, 0.25) is 0 Å². The van der Waals surface area contributed by atoms with Crippen LogP contribution in [0.25, 0.3) is 67.9 Å². The molecule has 0 saturated heterocycles. The summed E-state index contributed by atoms with van der Waals surface area (Å²) in [5.41, 5.74) is 8.56. The molecule has 2 heterocycles. The number of nitrogens with zero attached hydrogens (tertiary/aromatic N) is 2. The lowest BCUT2D eigenvalue weighted by Crippen LogP contribution is -1.92. The Morgan fingerprint density at radius 2 is 0.737 bits per heavy atom. The summed E-state index contributed by atoms with van der Waals surface area (Å²) in [5, 5.41) is 4.47. The van der Waals surface area contributed by atoms with Gasteiger partial charge < -0.3 is 0 Å². The third-order valence-corrected chi connectivity index (χ3v) is 7.05. The van der Waals surface area contributed by atoms with Crippen LogP contribution < -0.4 is 0 Å². The SMILES string of the molecule is C(=Cc1c2ccccc2nc2cc3c(C=Cc4ccccc4)c4ccccc4nc3cc12)c1ccccc1. The lowest BCUT2D eigenvalue weighted by atomic mass is 9.96. The Labute approximate surface area is 221 Å². The predicted octanol–water partition coefficient (Wildman–Crippen LogP) is 9.43. The molecular weight excluding hydrogens is 460 g/mol. The molecule has 0 saturated carbocycles. The fourth-order valence-corrected chi connectivity index (χ4v) is 5.19. The molecule has 7 rings (SSSR count). The number of hydrogen-bond donors (Lipinski definition) is 0. The summed E-state index contributed by atoms with van der Waals surface area (Å²) in [5.74, 6) is 0. The maximum Gasteiger partial charge on any atom is 0.0723 e. The molecular formula is C36H24N2. The van der Waals surface area contributed by atoms with Crippen LogP contribution in [-0.4, -0.2) is 9.97 Å². The van der Waals surface area contributed by atoms with Crippen LogP contribution in [0.15, 0.2) is 121 Å². The molecule has 2 heteroatoms. The first-order valence-corrected chi connectivity index (χ1v) is 12.8. The predicted molar refractivity (Wildman–Crippen MR) is 163 cm³/mol. The average molecular weight is 485 g/mol. The first kappa shape index (κ1) is 22.1. The van der Waals surface area contributed by atoms with Crippen molar-refractivity contribution in [3.05, 3.63) is 144 Å². The van der Waals surface area contributed by atoms with Crippen molar-refractivity contribution in [2.24, 2.45) is 0 Å². The zero-order valence-electron chi connectivity index (χ0n) is 20.8. The van der Waals surface area contributed by atoms with Crippen molar-refractivity contribution in [1.29, 1.82) is 0 Å². The highest BCUT2D eigenvalue weighted by molar-refractivity contribution is 6.12. The Kier molecular flexibility index (Phi) is 5.49. The van der Waals surface area contributed by atoms with E-state index in [1.807, 2.05) is 12.1 Å². The zero-order chi connectivity index (χ0) is 25.3. The van der Waals surface area contributed by atoms with E-state index in [2.05, 4.69) is 133 Å². The van der Waals surface area contributed by atoms with Gasteiger partial charge in [-0.15, -0.1) is 0 Å². The topological polar surface area (TPSA) is 25.8 Å². The minimum absolute atomic E-state index is 0.968. The summed E-state index contributed by atoms with van der Waals surface area (Å²) in [4.78, 5) is 10.2. The molecule has 0 aliphatic rings. The van der Waals surface area contributed by atoms with Crippen LogP contribution in [0.4, 0.5) is 0 Å². The second kappa shape index (κ2) is 9.42. The fourth-order valence-electron chi connectivity index (χ4n) is 5.19. The van der Waals surface area contributed by atoms with E-state index in [4.69, 9.17) is 9.97 Å². The highest BCUT2D eigenvalue weighted by Gasteiger charge is 2.13. The van der Waals surface area contributed by atoms with E-state index in [0.29, 0.717) is 0 Å².